The number of benzene rings is 3. The number of anilines is 1. The maximum absolute atomic E-state index is 13.4. The Hall–Kier alpha value is -3.20. The average molecular weight is 466 g/mol. The Bertz CT molecular complexity index is 1180. The monoisotopic (exact) mass is 465 g/mol. The van der Waals surface area contributed by atoms with Crippen molar-refractivity contribution in [3.8, 4) is 5.75 Å². The smallest absolute Gasteiger partial charge is 0.246 e. The van der Waals surface area contributed by atoms with Crippen molar-refractivity contribution in [1.29, 1.82) is 0 Å². The first-order chi connectivity index (χ1) is 16.0. The minimum Gasteiger partial charge on any atom is -0.497 e. The molecule has 1 aliphatic rings. The second kappa shape index (κ2) is 10.2. The molecule has 1 N–H and O–H groups in total. The fourth-order valence-electron chi connectivity index (χ4n) is 4.02. The molecule has 3 aromatic carbocycles. The molecule has 7 nitrogen and oxygen atoms in total. The predicted octanol–water partition coefficient (Wildman–Crippen LogP) is 3.38. The lowest BCUT2D eigenvalue weighted by Crippen LogP contribution is -2.51. The fourth-order valence-corrected chi connectivity index (χ4v) is 5.46. The van der Waals surface area contributed by atoms with Crippen LogP contribution in [0.15, 0.2) is 89.8 Å². The third kappa shape index (κ3) is 5.24. The predicted molar refractivity (Wildman–Crippen MR) is 128 cm³/mol. The van der Waals surface area contributed by atoms with E-state index in [1.54, 1.807) is 43.5 Å². The number of ether oxygens (including phenoxy) is 1. The number of amides is 1. The van der Waals surface area contributed by atoms with Crippen LogP contribution in [0, 0.1) is 0 Å². The molecule has 3 aromatic rings. The Morgan fingerprint density at radius 3 is 2.15 bits per heavy atom. The quantitative estimate of drug-likeness (QED) is 0.579. The molecule has 0 unspecified atom stereocenters. The molecular weight excluding hydrogens is 438 g/mol. The van der Waals surface area contributed by atoms with Gasteiger partial charge in [-0.25, -0.2) is 8.42 Å². The minimum absolute atomic E-state index is 0.172. The number of piperazine rings is 1. The molecule has 8 heteroatoms. The van der Waals surface area contributed by atoms with Crippen LogP contribution >= 0.6 is 0 Å². The summed E-state index contributed by atoms with van der Waals surface area (Å²) in [6.07, 6.45) is 0. The molecule has 1 amide bonds. The first-order valence-corrected chi connectivity index (χ1v) is 12.2. The van der Waals surface area contributed by atoms with E-state index in [2.05, 4.69) is 5.32 Å². The topological polar surface area (TPSA) is 79.0 Å². The molecule has 33 heavy (non-hydrogen) atoms. The van der Waals surface area contributed by atoms with E-state index in [0.29, 0.717) is 37.6 Å². The molecule has 1 aliphatic heterocycles. The van der Waals surface area contributed by atoms with E-state index in [4.69, 9.17) is 4.74 Å². The number of rotatable bonds is 7. The van der Waals surface area contributed by atoms with Gasteiger partial charge in [-0.3, -0.25) is 9.69 Å². The normalized spacial score (nSPS) is 16.2. The zero-order valence-corrected chi connectivity index (χ0v) is 19.2. The Labute approximate surface area is 194 Å². The molecule has 172 valence electrons. The van der Waals surface area contributed by atoms with Gasteiger partial charge in [-0.05, 0) is 29.8 Å². The number of nitrogens with one attached hydrogen (secondary N) is 1. The van der Waals surface area contributed by atoms with E-state index >= 15 is 0 Å². The van der Waals surface area contributed by atoms with E-state index in [0.717, 1.165) is 5.56 Å². The Morgan fingerprint density at radius 2 is 1.52 bits per heavy atom. The minimum atomic E-state index is -3.56. The van der Waals surface area contributed by atoms with Crippen molar-refractivity contribution >= 4 is 21.6 Å². The standard InChI is InChI=1S/C25H27N3O4S/c1-32-22-12-8-11-21(19-22)26-25(29)24(20-9-4-2-5-10-20)27-15-17-28(18-16-27)33(30,31)23-13-6-3-7-14-23/h2-14,19,24H,15-18H2,1H3,(H,26,29)/t24-/m1/s1. The van der Waals surface area contributed by atoms with E-state index in [9.17, 15) is 13.2 Å². The molecular formula is C25H27N3O4S. The average Bonchev–Trinajstić information content (AvgIpc) is 2.86. The van der Waals surface area contributed by atoms with Gasteiger partial charge in [0.2, 0.25) is 15.9 Å². The summed E-state index contributed by atoms with van der Waals surface area (Å²) in [6.45, 7) is 1.51. The third-order valence-electron chi connectivity index (χ3n) is 5.72. The van der Waals surface area contributed by atoms with Crippen LogP contribution in [0.25, 0.3) is 0 Å². The van der Waals surface area contributed by atoms with Crippen LogP contribution in [0.4, 0.5) is 5.69 Å². The number of hydrogen-bond donors (Lipinski definition) is 1. The fraction of sp³-hybridized carbons (Fsp3) is 0.240. The summed E-state index contributed by atoms with van der Waals surface area (Å²) in [6, 6.07) is 24.7. The van der Waals surface area contributed by atoms with Gasteiger partial charge in [0.25, 0.3) is 0 Å². The van der Waals surface area contributed by atoms with E-state index in [1.807, 2.05) is 53.4 Å². The molecule has 1 fully saturated rings. The van der Waals surface area contributed by atoms with Crippen molar-refractivity contribution in [2.45, 2.75) is 10.9 Å². The number of methoxy groups -OCH3 is 1. The van der Waals surface area contributed by atoms with E-state index in [-0.39, 0.29) is 10.8 Å². The summed E-state index contributed by atoms with van der Waals surface area (Å²) in [5.74, 6) is 0.484. The number of sulfonamides is 1. The van der Waals surface area contributed by atoms with Crippen LogP contribution in [-0.4, -0.2) is 56.8 Å². The van der Waals surface area contributed by atoms with Crippen LogP contribution in [0.2, 0.25) is 0 Å². The summed E-state index contributed by atoms with van der Waals surface area (Å²) in [5.41, 5.74) is 1.50. The maximum atomic E-state index is 13.4. The van der Waals surface area contributed by atoms with Gasteiger partial charge in [0.15, 0.2) is 0 Å². The lowest BCUT2D eigenvalue weighted by atomic mass is 10.0. The summed E-state index contributed by atoms with van der Waals surface area (Å²) in [4.78, 5) is 15.7. The summed E-state index contributed by atoms with van der Waals surface area (Å²) in [7, 11) is -1.98. The first-order valence-electron chi connectivity index (χ1n) is 10.8. The van der Waals surface area contributed by atoms with Crippen LogP contribution in [-0.2, 0) is 14.8 Å². The number of hydrogen-bond acceptors (Lipinski definition) is 5. The van der Waals surface area contributed by atoms with Gasteiger partial charge >= 0.3 is 0 Å². The Morgan fingerprint density at radius 1 is 0.879 bits per heavy atom. The second-order valence-corrected chi connectivity index (χ2v) is 9.73. The third-order valence-corrected chi connectivity index (χ3v) is 7.63. The van der Waals surface area contributed by atoms with Gasteiger partial charge < -0.3 is 10.1 Å². The molecule has 0 radical (unpaired) electrons. The van der Waals surface area contributed by atoms with Gasteiger partial charge in [0.1, 0.15) is 11.8 Å². The number of carbonyl (C=O) groups excluding carboxylic acids is 1. The zero-order valence-electron chi connectivity index (χ0n) is 18.4. The van der Waals surface area contributed by atoms with Gasteiger partial charge in [-0.2, -0.15) is 4.31 Å². The second-order valence-electron chi connectivity index (χ2n) is 7.79. The molecule has 0 bridgehead atoms. The van der Waals surface area contributed by atoms with Crippen molar-refractivity contribution in [3.63, 3.8) is 0 Å². The molecule has 0 aliphatic carbocycles. The molecule has 1 saturated heterocycles. The van der Waals surface area contributed by atoms with Crippen LogP contribution in [0.1, 0.15) is 11.6 Å². The van der Waals surface area contributed by atoms with Gasteiger partial charge in [0.05, 0.1) is 12.0 Å². The lowest BCUT2D eigenvalue weighted by molar-refractivity contribution is -0.122. The van der Waals surface area contributed by atoms with Gasteiger partial charge in [-0.15, -0.1) is 0 Å². The number of nitrogens with zero attached hydrogens (tertiary/aromatic N) is 2. The lowest BCUT2D eigenvalue weighted by Gasteiger charge is -2.38. The van der Waals surface area contributed by atoms with E-state index < -0.39 is 16.1 Å². The first kappa shape index (κ1) is 23.0. The highest BCUT2D eigenvalue weighted by molar-refractivity contribution is 7.89. The summed E-state index contributed by atoms with van der Waals surface area (Å²) < 4.78 is 32.7. The largest absolute Gasteiger partial charge is 0.497 e. The maximum Gasteiger partial charge on any atom is 0.246 e. The highest BCUT2D eigenvalue weighted by Gasteiger charge is 2.34. The van der Waals surface area contributed by atoms with Crippen LogP contribution in [0.3, 0.4) is 0 Å². The molecule has 0 spiro atoms. The van der Waals surface area contributed by atoms with Crippen LogP contribution < -0.4 is 10.1 Å². The number of carbonyl (C=O) groups is 1. The van der Waals surface area contributed by atoms with Crippen molar-refractivity contribution in [2.75, 3.05) is 38.6 Å². The molecule has 4 rings (SSSR count). The van der Waals surface area contributed by atoms with Gasteiger partial charge in [0, 0.05) is 37.9 Å². The van der Waals surface area contributed by atoms with E-state index in [1.165, 1.54) is 4.31 Å². The molecule has 1 heterocycles. The highest BCUT2D eigenvalue weighted by atomic mass is 32.2. The summed E-state index contributed by atoms with van der Waals surface area (Å²) in [5, 5.41) is 2.99. The van der Waals surface area contributed by atoms with Gasteiger partial charge in [-0.1, -0.05) is 54.6 Å². The Balaban J connectivity index is 1.52. The van der Waals surface area contributed by atoms with Crippen molar-refractivity contribution in [2.24, 2.45) is 0 Å². The SMILES string of the molecule is COc1cccc(NC(=O)[C@@H](c2ccccc2)N2CCN(S(=O)(=O)c3ccccc3)CC2)c1. The summed E-state index contributed by atoms with van der Waals surface area (Å²) >= 11 is 0. The molecule has 0 aromatic heterocycles. The van der Waals surface area contributed by atoms with Crippen molar-refractivity contribution in [3.05, 3.63) is 90.5 Å². The van der Waals surface area contributed by atoms with Crippen LogP contribution in [0.5, 0.6) is 5.75 Å². The molecule has 1 atom stereocenters. The molecule has 0 saturated carbocycles. The van der Waals surface area contributed by atoms with Crippen molar-refractivity contribution < 1.29 is 17.9 Å². The Kier molecular flexibility index (Phi) is 7.08. The van der Waals surface area contributed by atoms with Crippen molar-refractivity contribution in [1.82, 2.24) is 9.21 Å². The highest BCUT2D eigenvalue weighted by Crippen LogP contribution is 2.27. The zero-order chi connectivity index (χ0) is 23.3.